The molecule has 12 heteroatoms. The van der Waals surface area contributed by atoms with Crippen molar-refractivity contribution in [3.8, 4) is 11.5 Å². The van der Waals surface area contributed by atoms with Gasteiger partial charge in [-0.3, -0.25) is 14.9 Å². The summed E-state index contributed by atoms with van der Waals surface area (Å²) >= 11 is 0. The number of carbonyl (C=O) groups excluding carboxylic acids is 1. The highest BCUT2D eigenvalue weighted by atomic mass is 19.4. The Morgan fingerprint density at radius 3 is 2.41 bits per heavy atom. The number of hydrogen-bond donors (Lipinski definition) is 1. The topological polar surface area (TPSA) is 112 Å². The Morgan fingerprint density at radius 1 is 1.08 bits per heavy atom. The number of carbonyl (C=O) groups is 1. The summed E-state index contributed by atoms with van der Waals surface area (Å²) < 4.78 is 47.6. The summed E-state index contributed by atoms with van der Waals surface area (Å²) in [7, 11) is 0. The number of halogens is 3. The Balaban J connectivity index is 1.71. The molecule has 0 fully saturated rings. The number of aromatic nitrogens is 3. The summed E-state index contributed by atoms with van der Waals surface area (Å²) in [4.78, 5) is 28.0. The molecular weight excluding hydrogens is 491 g/mol. The van der Waals surface area contributed by atoms with E-state index in [0.717, 1.165) is 23.8 Å². The third-order valence-electron chi connectivity index (χ3n) is 5.40. The van der Waals surface area contributed by atoms with Crippen molar-refractivity contribution in [2.45, 2.75) is 39.3 Å². The van der Waals surface area contributed by atoms with Crippen LogP contribution in [0.5, 0.6) is 11.5 Å². The summed E-state index contributed by atoms with van der Waals surface area (Å²) in [5, 5.41) is 17.7. The van der Waals surface area contributed by atoms with Crippen molar-refractivity contribution < 1.29 is 27.6 Å². The van der Waals surface area contributed by atoms with Crippen LogP contribution in [0.25, 0.3) is 5.65 Å². The van der Waals surface area contributed by atoms with Crippen molar-refractivity contribution >= 4 is 22.9 Å². The Kier molecular flexibility index (Phi) is 6.36. The molecular formula is C25H22F3N5O4. The van der Waals surface area contributed by atoms with Crippen LogP contribution >= 0.6 is 0 Å². The number of rotatable bonds is 5. The van der Waals surface area contributed by atoms with E-state index in [-0.39, 0.29) is 34.2 Å². The fraction of sp³-hybridized carbons (Fsp3) is 0.240. The lowest BCUT2D eigenvalue weighted by Crippen LogP contribution is -2.20. The highest BCUT2D eigenvalue weighted by molar-refractivity contribution is 6.03. The van der Waals surface area contributed by atoms with Crippen molar-refractivity contribution in [1.29, 1.82) is 0 Å². The minimum absolute atomic E-state index is 0.000718. The third-order valence-corrected chi connectivity index (χ3v) is 5.40. The van der Waals surface area contributed by atoms with Crippen molar-refractivity contribution in [3.05, 3.63) is 87.4 Å². The molecule has 2 aromatic carbocycles. The molecule has 0 radical (unpaired) electrons. The number of benzene rings is 2. The van der Waals surface area contributed by atoms with Gasteiger partial charge in [-0.05, 0) is 24.6 Å². The minimum Gasteiger partial charge on any atom is -0.457 e. The van der Waals surface area contributed by atoms with E-state index in [1.54, 1.807) is 52.0 Å². The summed E-state index contributed by atoms with van der Waals surface area (Å²) in [5.41, 5.74) is -1.67. The minimum atomic E-state index is -4.75. The zero-order chi connectivity index (χ0) is 27.1. The number of anilines is 1. The molecule has 1 N–H and O–H groups in total. The van der Waals surface area contributed by atoms with E-state index in [1.165, 1.54) is 12.1 Å². The molecule has 0 saturated heterocycles. The highest BCUT2D eigenvalue weighted by Crippen LogP contribution is 2.34. The number of aryl methyl sites for hydroxylation is 1. The number of nitro benzene ring substituents is 1. The zero-order valence-electron chi connectivity index (χ0n) is 20.3. The molecule has 37 heavy (non-hydrogen) atoms. The maximum Gasteiger partial charge on any atom is 0.433 e. The lowest BCUT2D eigenvalue weighted by Gasteiger charge is -2.19. The van der Waals surface area contributed by atoms with Crippen LogP contribution in [0.15, 0.2) is 54.6 Å². The number of para-hydroxylation sites is 1. The van der Waals surface area contributed by atoms with Gasteiger partial charge in [0.1, 0.15) is 17.2 Å². The van der Waals surface area contributed by atoms with Gasteiger partial charge in [0.15, 0.2) is 11.3 Å². The Bertz CT molecular complexity index is 1520. The van der Waals surface area contributed by atoms with Crippen LogP contribution in [-0.2, 0) is 11.6 Å². The van der Waals surface area contributed by atoms with E-state index in [4.69, 9.17) is 4.74 Å². The molecule has 0 aliphatic rings. The van der Waals surface area contributed by atoms with Crippen LogP contribution in [-0.4, -0.2) is 25.4 Å². The third kappa shape index (κ3) is 5.52. The van der Waals surface area contributed by atoms with E-state index in [0.29, 0.717) is 10.3 Å². The number of alkyl halides is 3. The van der Waals surface area contributed by atoms with Crippen LogP contribution in [0, 0.1) is 17.0 Å². The van der Waals surface area contributed by atoms with Gasteiger partial charge in [0.05, 0.1) is 22.4 Å². The molecule has 1 amide bonds. The first-order valence-electron chi connectivity index (χ1n) is 11.1. The second-order valence-electron chi connectivity index (χ2n) is 9.37. The molecule has 0 saturated carbocycles. The number of fused-ring (bicyclic) bond motifs is 1. The quantitative estimate of drug-likeness (QED) is 0.247. The number of hydrogen-bond acceptors (Lipinski definition) is 6. The average molecular weight is 513 g/mol. The molecule has 2 aromatic heterocycles. The lowest BCUT2D eigenvalue weighted by molar-refractivity contribution is -0.384. The second-order valence-corrected chi connectivity index (χ2v) is 9.37. The Morgan fingerprint density at radius 2 is 1.78 bits per heavy atom. The van der Waals surface area contributed by atoms with Crippen LogP contribution in [0.3, 0.4) is 0 Å². The van der Waals surface area contributed by atoms with E-state index in [2.05, 4.69) is 15.4 Å². The van der Waals surface area contributed by atoms with E-state index in [9.17, 15) is 28.1 Å². The predicted molar refractivity (Wildman–Crippen MR) is 129 cm³/mol. The number of nitro groups is 1. The van der Waals surface area contributed by atoms with Gasteiger partial charge < -0.3 is 10.1 Å². The molecule has 0 aliphatic heterocycles. The number of ether oxygens (including phenoxy) is 1. The number of amides is 1. The van der Waals surface area contributed by atoms with Gasteiger partial charge in [0.2, 0.25) is 0 Å². The van der Waals surface area contributed by atoms with Crippen LogP contribution in [0.4, 0.5) is 24.5 Å². The van der Waals surface area contributed by atoms with Gasteiger partial charge in [-0.2, -0.15) is 18.3 Å². The zero-order valence-corrected chi connectivity index (χ0v) is 20.3. The van der Waals surface area contributed by atoms with Gasteiger partial charge >= 0.3 is 6.18 Å². The SMILES string of the molecule is Cc1ccccc1Oc1cc(NC(=O)c2cc3nc(C(C)(C)C)cc(C(F)(F)F)n3n2)cc([N+](=O)[O-])c1. The van der Waals surface area contributed by atoms with Crippen LogP contribution in [0.2, 0.25) is 0 Å². The van der Waals surface area contributed by atoms with E-state index < -0.39 is 28.1 Å². The largest absolute Gasteiger partial charge is 0.457 e. The van der Waals surface area contributed by atoms with Crippen molar-refractivity contribution in [1.82, 2.24) is 14.6 Å². The molecule has 9 nitrogen and oxygen atoms in total. The number of nitrogens with zero attached hydrogens (tertiary/aromatic N) is 4. The van der Waals surface area contributed by atoms with Gasteiger partial charge in [-0.15, -0.1) is 0 Å². The fourth-order valence-corrected chi connectivity index (χ4v) is 3.48. The summed E-state index contributed by atoms with van der Waals surface area (Å²) in [6.07, 6.45) is -4.75. The molecule has 0 atom stereocenters. The summed E-state index contributed by atoms with van der Waals surface area (Å²) in [6.45, 7) is 6.95. The molecule has 4 aromatic rings. The average Bonchev–Trinajstić information content (AvgIpc) is 3.23. The summed E-state index contributed by atoms with van der Waals surface area (Å²) in [6, 6.07) is 12.7. The van der Waals surface area contributed by atoms with Gasteiger partial charge in [-0.25, -0.2) is 9.50 Å². The van der Waals surface area contributed by atoms with Crippen LogP contribution < -0.4 is 10.1 Å². The van der Waals surface area contributed by atoms with Gasteiger partial charge in [0, 0.05) is 23.6 Å². The maximum absolute atomic E-state index is 13.7. The Hall–Kier alpha value is -4.48. The molecule has 0 aliphatic carbocycles. The predicted octanol–water partition coefficient (Wildman–Crippen LogP) is 6.31. The van der Waals surface area contributed by atoms with Crippen LogP contribution in [0.1, 0.15) is 48.2 Å². The standard InChI is InChI=1S/C25H22F3N5O4/c1-14-7-5-6-8-19(14)37-17-10-15(9-16(11-17)33(35)36)29-23(34)18-12-22-30-20(24(2,3)4)13-21(25(26,27)28)32(22)31-18/h5-13H,1-4H3,(H,29,34). The molecule has 0 bridgehead atoms. The second kappa shape index (κ2) is 9.19. The molecule has 0 unspecified atom stereocenters. The fourth-order valence-electron chi connectivity index (χ4n) is 3.48. The van der Waals surface area contributed by atoms with Crippen molar-refractivity contribution in [2.24, 2.45) is 0 Å². The van der Waals surface area contributed by atoms with Gasteiger partial charge in [-0.1, -0.05) is 39.0 Å². The van der Waals surface area contributed by atoms with E-state index >= 15 is 0 Å². The van der Waals surface area contributed by atoms with Crippen molar-refractivity contribution in [2.75, 3.05) is 5.32 Å². The first kappa shape index (κ1) is 25.6. The monoisotopic (exact) mass is 513 g/mol. The molecule has 4 rings (SSSR count). The first-order valence-corrected chi connectivity index (χ1v) is 11.1. The Labute approximate surface area is 209 Å². The molecule has 0 spiro atoms. The van der Waals surface area contributed by atoms with Gasteiger partial charge in [0.25, 0.3) is 11.6 Å². The highest BCUT2D eigenvalue weighted by Gasteiger charge is 2.36. The number of non-ortho nitro benzene ring substituents is 1. The number of nitrogens with one attached hydrogen (secondary N) is 1. The maximum atomic E-state index is 13.7. The summed E-state index contributed by atoms with van der Waals surface area (Å²) in [5.74, 6) is -0.330. The van der Waals surface area contributed by atoms with E-state index in [1.807, 2.05) is 0 Å². The molecule has 2 heterocycles. The lowest BCUT2D eigenvalue weighted by atomic mass is 9.91. The molecule has 192 valence electrons. The van der Waals surface area contributed by atoms with Crippen molar-refractivity contribution in [3.63, 3.8) is 0 Å². The smallest absolute Gasteiger partial charge is 0.433 e. The first-order chi connectivity index (χ1) is 17.2. The normalized spacial score (nSPS) is 12.0.